The van der Waals surface area contributed by atoms with Crippen molar-refractivity contribution in [2.75, 3.05) is 39.8 Å². The summed E-state index contributed by atoms with van der Waals surface area (Å²) < 4.78 is 31.4. The van der Waals surface area contributed by atoms with Crippen molar-refractivity contribution in [1.29, 1.82) is 0 Å². The van der Waals surface area contributed by atoms with E-state index in [-0.39, 0.29) is 11.7 Å². The van der Waals surface area contributed by atoms with E-state index in [9.17, 15) is 13.2 Å². The third-order valence-corrected chi connectivity index (χ3v) is 6.76. The van der Waals surface area contributed by atoms with E-state index in [4.69, 9.17) is 9.52 Å². The molecule has 11 heteroatoms. The summed E-state index contributed by atoms with van der Waals surface area (Å²) in [5, 5.41) is 9.57. The van der Waals surface area contributed by atoms with Gasteiger partial charge in [-0.3, -0.25) is 4.79 Å². The molecule has 1 aliphatic heterocycles. The van der Waals surface area contributed by atoms with Crippen LogP contribution in [0.2, 0.25) is 0 Å². The molecule has 0 bridgehead atoms. The molecule has 1 amide bonds. The molecule has 1 aliphatic rings. The number of aliphatic imine (C=N–C) groups is 1. The Balaban J connectivity index is 1.60. The number of amides is 1. The number of aromatic nitrogens is 1. The summed E-state index contributed by atoms with van der Waals surface area (Å²) in [7, 11) is -1.85. The molecule has 2 heterocycles. The molecule has 10 nitrogen and oxygen atoms in total. The van der Waals surface area contributed by atoms with E-state index in [0.29, 0.717) is 50.5 Å². The Bertz CT molecular complexity index is 981. The predicted octanol–water partition coefficient (Wildman–Crippen LogP) is 0.647. The highest BCUT2D eigenvalue weighted by Crippen LogP contribution is 2.13. The van der Waals surface area contributed by atoms with E-state index < -0.39 is 10.0 Å². The van der Waals surface area contributed by atoms with Gasteiger partial charge in [-0.15, -0.1) is 0 Å². The molecule has 1 aromatic carbocycles. The molecule has 0 aliphatic carbocycles. The average molecular weight is 449 g/mol. The number of benzene rings is 1. The van der Waals surface area contributed by atoms with E-state index in [1.807, 2.05) is 19.1 Å². The molecule has 1 fully saturated rings. The van der Waals surface area contributed by atoms with Crippen LogP contribution in [0.25, 0.3) is 0 Å². The Morgan fingerprint density at radius 2 is 1.87 bits per heavy atom. The quantitative estimate of drug-likeness (QED) is 0.471. The number of hydrogen-bond donors (Lipinski definition) is 2. The van der Waals surface area contributed by atoms with Gasteiger partial charge in [-0.25, -0.2) is 13.4 Å². The van der Waals surface area contributed by atoms with Gasteiger partial charge in [0.25, 0.3) is 5.91 Å². The lowest BCUT2D eigenvalue weighted by atomic mass is 10.1. The van der Waals surface area contributed by atoms with Crippen LogP contribution in [0.5, 0.6) is 0 Å². The van der Waals surface area contributed by atoms with Crippen LogP contribution in [-0.4, -0.2) is 74.4 Å². The fourth-order valence-electron chi connectivity index (χ4n) is 3.27. The van der Waals surface area contributed by atoms with E-state index in [1.54, 1.807) is 25.2 Å². The van der Waals surface area contributed by atoms with Gasteiger partial charge in [-0.1, -0.05) is 17.3 Å². The minimum Gasteiger partial charge on any atom is -0.364 e. The number of rotatable bonds is 7. The SMILES string of the molecule is CCNC(=NCc1ccc(C(=O)NC)cc1)N1CCN(S(=O)(=O)Cc2ccon2)CC1. The van der Waals surface area contributed by atoms with Crippen molar-refractivity contribution in [2.24, 2.45) is 4.99 Å². The normalized spacial score (nSPS) is 15.7. The van der Waals surface area contributed by atoms with Gasteiger partial charge in [0.2, 0.25) is 10.0 Å². The van der Waals surface area contributed by atoms with Crippen LogP contribution < -0.4 is 10.6 Å². The summed E-state index contributed by atoms with van der Waals surface area (Å²) in [4.78, 5) is 18.4. The Hall–Kier alpha value is -2.92. The molecular formula is C20H28N6O4S. The van der Waals surface area contributed by atoms with Gasteiger partial charge in [0.1, 0.15) is 12.0 Å². The smallest absolute Gasteiger partial charge is 0.251 e. The maximum Gasteiger partial charge on any atom is 0.251 e. The number of carbonyl (C=O) groups excluding carboxylic acids is 1. The molecule has 3 rings (SSSR count). The summed E-state index contributed by atoms with van der Waals surface area (Å²) in [6.45, 7) is 5.00. The summed E-state index contributed by atoms with van der Waals surface area (Å²) >= 11 is 0. The molecule has 1 saturated heterocycles. The van der Waals surface area contributed by atoms with E-state index >= 15 is 0 Å². The predicted molar refractivity (Wildman–Crippen MR) is 117 cm³/mol. The standard InChI is InChI=1S/C20H28N6O4S/c1-3-22-20(23-14-16-4-6-17(7-5-16)19(27)21-2)25-9-11-26(12-10-25)31(28,29)15-18-8-13-30-24-18/h4-8,13H,3,9-12,14-15H2,1-2H3,(H,21,27)(H,22,23). The third kappa shape index (κ3) is 6.05. The first-order valence-corrected chi connectivity index (χ1v) is 11.7. The molecule has 0 atom stereocenters. The number of sulfonamides is 1. The van der Waals surface area contributed by atoms with Crippen LogP contribution >= 0.6 is 0 Å². The van der Waals surface area contributed by atoms with Crippen molar-refractivity contribution in [2.45, 2.75) is 19.2 Å². The van der Waals surface area contributed by atoms with Gasteiger partial charge in [0.05, 0.1) is 12.2 Å². The van der Waals surface area contributed by atoms with Crippen LogP contribution in [0.3, 0.4) is 0 Å². The van der Waals surface area contributed by atoms with Gasteiger partial charge in [-0.2, -0.15) is 4.31 Å². The average Bonchev–Trinajstić information content (AvgIpc) is 3.29. The summed E-state index contributed by atoms with van der Waals surface area (Å²) in [5.41, 5.74) is 1.99. The number of nitrogens with one attached hydrogen (secondary N) is 2. The first-order valence-electron chi connectivity index (χ1n) is 10.1. The van der Waals surface area contributed by atoms with Gasteiger partial charge >= 0.3 is 0 Å². The molecule has 1 aromatic heterocycles. The van der Waals surface area contributed by atoms with Crippen LogP contribution in [-0.2, 0) is 22.3 Å². The highest BCUT2D eigenvalue weighted by molar-refractivity contribution is 7.88. The molecule has 0 radical (unpaired) electrons. The fourth-order valence-corrected chi connectivity index (χ4v) is 4.69. The van der Waals surface area contributed by atoms with Gasteiger partial charge in [0, 0.05) is 51.4 Å². The zero-order valence-corrected chi connectivity index (χ0v) is 18.6. The maximum absolute atomic E-state index is 12.6. The lowest BCUT2D eigenvalue weighted by Crippen LogP contribution is -2.53. The Morgan fingerprint density at radius 1 is 1.16 bits per heavy atom. The topological polar surface area (TPSA) is 120 Å². The van der Waals surface area contributed by atoms with Gasteiger partial charge in [0.15, 0.2) is 5.96 Å². The molecular weight excluding hydrogens is 420 g/mol. The Kier molecular flexibility index (Phi) is 7.64. The third-order valence-electron chi connectivity index (χ3n) is 4.94. The Morgan fingerprint density at radius 3 is 2.45 bits per heavy atom. The second-order valence-corrected chi connectivity index (χ2v) is 9.05. The van der Waals surface area contributed by atoms with Crippen molar-refractivity contribution < 1.29 is 17.7 Å². The van der Waals surface area contributed by atoms with E-state index in [2.05, 4.69) is 20.7 Å². The highest BCUT2D eigenvalue weighted by Gasteiger charge is 2.29. The van der Waals surface area contributed by atoms with Gasteiger partial charge < -0.3 is 20.1 Å². The first-order chi connectivity index (χ1) is 14.9. The van der Waals surface area contributed by atoms with E-state index in [0.717, 1.165) is 11.5 Å². The van der Waals surface area contributed by atoms with Crippen LogP contribution in [0, 0.1) is 0 Å². The summed E-state index contributed by atoms with van der Waals surface area (Å²) in [6.07, 6.45) is 1.37. The zero-order chi connectivity index (χ0) is 22.3. The first kappa shape index (κ1) is 22.8. The second-order valence-electron chi connectivity index (χ2n) is 7.08. The van der Waals surface area contributed by atoms with Crippen molar-refractivity contribution in [3.8, 4) is 0 Å². The van der Waals surface area contributed by atoms with Crippen LogP contribution in [0.15, 0.2) is 46.1 Å². The highest BCUT2D eigenvalue weighted by atomic mass is 32.2. The van der Waals surface area contributed by atoms with Crippen LogP contribution in [0.1, 0.15) is 28.5 Å². The van der Waals surface area contributed by atoms with Crippen molar-refractivity contribution >= 4 is 21.9 Å². The second kappa shape index (κ2) is 10.4. The number of carbonyl (C=O) groups is 1. The number of nitrogens with zero attached hydrogens (tertiary/aromatic N) is 4. The molecule has 31 heavy (non-hydrogen) atoms. The number of guanidine groups is 1. The lowest BCUT2D eigenvalue weighted by molar-refractivity contribution is 0.0963. The zero-order valence-electron chi connectivity index (χ0n) is 17.7. The maximum atomic E-state index is 12.6. The molecule has 2 aromatic rings. The van der Waals surface area contributed by atoms with Crippen molar-refractivity contribution in [3.05, 3.63) is 53.4 Å². The number of piperazine rings is 1. The minimum absolute atomic E-state index is 0.125. The van der Waals surface area contributed by atoms with E-state index in [1.165, 1.54) is 10.6 Å². The molecule has 0 saturated carbocycles. The van der Waals surface area contributed by atoms with Crippen molar-refractivity contribution in [3.63, 3.8) is 0 Å². The largest absolute Gasteiger partial charge is 0.364 e. The lowest BCUT2D eigenvalue weighted by Gasteiger charge is -2.35. The molecule has 0 spiro atoms. The summed E-state index contributed by atoms with van der Waals surface area (Å²) in [5.74, 6) is 0.454. The minimum atomic E-state index is -3.45. The molecule has 0 unspecified atom stereocenters. The molecule has 2 N–H and O–H groups in total. The molecule has 168 valence electrons. The Labute approximate surface area is 182 Å². The fraction of sp³-hybridized carbons (Fsp3) is 0.450. The van der Waals surface area contributed by atoms with Crippen molar-refractivity contribution in [1.82, 2.24) is 25.0 Å². The monoisotopic (exact) mass is 448 g/mol. The number of hydrogen-bond acceptors (Lipinski definition) is 6. The van der Waals surface area contributed by atoms with Crippen LogP contribution in [0.4, 0.5) is 0 Å². The van der Waals surface area contributed by atoms with Gasteiger partial charge in [-0.05, 0) is 24.6 Å². The summed E-state index contributed by atoms with van der Waals surface area (Å²) in [6, 6.07) is 8.87.